The maximum Gasteiger partial charge on any atom is 0.405 e. The van der Waals surface area contributed by atoms with Gasteiger partial charge in [-0.05, 0) is 6.42 Å². The van der Waals surface area contributed by atoms with Crippen molar-refractivity contribution in [2.45, 2.75) is 25.6 Å². The lowest BCUT2D eigenvalue weighted by molar-refractivity contribution is -0.115. The van der Waals surface area contributed by atoms with Crippen LogP contribution in [-0.4, -0.2) is 54.2 Å². The Morgan fingerprint density at radius 3 is 2.56 bits per heavy atom. The van der Waals surface area contributed by atoms with E-state index in [2.05, 4.69) is 21.2 Å². The van der Waals surface area contributed by atoms with Crippen LogP contribution >= 0.6 is 11.6 Å². The molecule has 0 spiro atoms. The number of nitrogens with zero attached hydrogens (tertiary/aromatic N) is 2. The summed E-state index contributed by atoms with van der Waals surface area (Å²) in [6, 6.07) is 0. The van der Waals surface area contributed by atoms with Gasteiger partial charge in [0.15, 0.2) is 5.15 Å². The minimum absolute atomic E-state index is 0.0681. The van der Waals surface area contributed by atoms with Crippen LogP contribution in [0.25, 0.3) is 0 Å². The van der Waals surface area contributed by atoms with Crippen molar-refractivity contribution in [2.24, 2.45) is 5.92 Å². The van der Waals surface area contributed by atoms with Gasteiger partial charge in [0.25, 0.3) is 0 Å². The van der Waals surface area contributed by atoms with E-state index in [-0.39, 0.29) is 34.9 Å². The van der Waals surface area contributed by atoms with E-state index in [1.165, 1.54) is 7.11 Å². The molecule has 1 aromatic heterocycles. The number of aromatic nitrogens is 2. The van der Waals surface area contributed by atoms with Crippen LogP contribution in [0, 0.1) is 18.3 Å². The van der Waals surface area contributed by atoms with Gasteiger partial charge in [-0.25, -0.2) is 0 Å². The standard InChI is InChI=1S/C15H20ClF3N4O2/c1-4-9(7-25-3)11(24)6-20-13-10(5-2)12(16)22-14(23-13)21-8-15(17,18)19/h2,9,11,24H,4,6-8H2,1,3H3,(H2,20,21,22,23). The van der Waals surface area contributed by atoms with E-state index in [0.717, 1.165) is 0 Å². The summed E-state index contributed by atoms with van der Waals surface area (Å²) in [5, 5.41) is 14.9. The fourth-order valence-electron chi connectivity index (χ4n) is 2.03. The molecule has 2 atom stereocenters. The van der Waals surface area contributed by atoms with E-state index < -0.39 is 18.8 Å². The van der Waals surface area contributed by atoms with Gasteiger partial charge in [0, 0.05) is 19.6 Å². The molecule has 1 rings (SSSR count). The molecule has 25 heavy (non-hydrogen) atoms. The largest absolute Gasteiger partial charge is 0.405 e. The molecular formula is C15H20ClF3N4O2. The summed E-state index contributed by atoms with van der Waals surface area (Å²) in [6.07, 6.45) is 0.830. The number of anilines is 2. The van der Waals surface area contributed by atoms with Crippen molar-refractivity contribution in [1.82, 2.24) is 9.97 Å². The molecule has 2 unspecified atom stereocenters. The van der Waals surface area contributed by atoms with Crippen LogP contribution in [0.4, 0.5) is 24.9 Å². The Kier molecular flexibility index (Phi) is 8.22. The highest BCUT2D eigenvalue weighted by Crippen LogP contribution is 2.23. The second-order valence-corrected chi connectivity index (χ2v) is 5.60. The highest BCUT2D eigenvalue weighted by atomic mass is 35.5. The summed E-state index contributed by atoms with van der Waals surface area (Å²) >= 11 is 5.90. The number of methoxy groups -OCH3 is 1. The van der Waals surface area contributed by atoms with Crippen LogP contribution in [0.2, 0.25) is 5.15 Å². The zero-order chi connectivity index (χ0) is 19.0. The van der Waals surface area contributed by atoms with Crippen molar-refractivity contribution in [3.05, 3.63) is 10.7 Å². The molecule has 10 heteroatoms. The summed E-state index contributed by atoms with van der Waals surface area (Å²) in [5.41, 5.74) is 0.103. The highest BCUT2D eigenvalue weighted by molar-refractivity contribution is 6.31. The maximum absolute atomic E-state index is 12.3. The lowest BCUT2D eigenvalue weighted by atomic mass is 10.0. The molecule has 0 bridgehead atoms. The molecule has 3 N–H and O–H groups in total. The average molecular weight is 381 g/mol. The number of halogens is 4. The van der Waals surface area contributed by atoms with Crippen molar-refractivity contribution in [2.75, 3.05) is 37.4 Å². The van der Waals surface area contributed by atoms with Crippen molar-refractivity contribution < 1.29 is 23.0 Å². The summed E-state index contributed by atoms with van der Waals surface area (Å²) < 4.78 is 41.9. The fraction of sp³-hybridized carbons (Fsp3) is 0.600. The van der Waals surface area contributed by atoms with E-state index >= 15 is 0 Å². The van der Waals surface area contributed by atoms with Gasteiger partial charge in [-0.15, -0.1) is 6.42 Å². The van der Waals surface area contributed by atoms with Crippen molar-refractivity contribution in [3.8, 4) is 12.3 Å². The second-order valence-electron chi connectivity index (χ2n) is 5.25. The van der Waals surface area contributed by atoms with Gasteiger partial charge in [-0.1, -0.05) is 24.4 Å². The number of nitrogens with one attached hydrogen (secondary N) is 2. The molecule has 140 valence electrons. The predicted molar refractivity (Wildman–Crippen MR) is 89.7 cm³/mol. The molecule has 6 nitrogen and oxygen atoms in total. The highest BCUT2D eigenvalue weighted by Gasteiger charge is 2.27. The average Bonchev–Trinajstić information content (AvgIpc) is 2.54. The Labute approximate surface area is 149 Å². The fourth-order valence-corrected chi connectivity index (χ4v) is 2.25. The number of alkyl halides is 3. The normalized spacial score (nSPS) is 13.8. The number of hydrogen-bond acceptors (Lipinski definition) is 6. The zero-order valence-corrected chi connectivity index (χ0v) is 14.6. The minimum Gasteiger partial charge on any atom is -0.391 e. The first kappa shape index (κ1) is 21.3. The van der Waals surface area contributed by atoms with Crippen LogP contribution in [0.5, 0.6) is 0 Å². The first-order valence-electron chi connectivity index (χ1n) is 7.47. The Balaban J connectivity index is 2.89. The molecule has 0 radical (unpaired) electrons. The third-order valence-corrected chi connectivity index (χ3v) is 3.66. The summed E-state index contributed by atoms with van der Waals surface area (Å²) in [7, 11) is 1.53. The van der Waals surface area contributed by atoms with E-state index in [9.17, 15) is 18.3 Å². The maximum atomic E-state index is 12.3. The number of terminal acetylenes is 1. The van der Waals surface area contributed by atoms with Crippen LogP contribution in [0.1, 0.15) is 18.9 Å². The second kappa shape index (κ2) is 9.65. The number of aliphatic hydroxyl groups is 1. The van der Waals surface area contributed by atoms with Crippen LogP contribution in [0.3, 0.4) is 0 Å². The number of ether oxygens (including phenoxy) is 1. The monoisotopic (exact) mass is 380 g/mol. The van der Waals surface area contributed by atoms with Crippen molar-refractivity contribution in [1.29, 1.82) is 0 Å². The number of rotatable bonds is 9. The molecule has 0 aliphatic heterocycles. The van der Waals surface area contributed by atoms with E-state index in [0.29, 0.717) is 13.0 Å². The van der Waals surface area contributed by atoms with Gasteiger partial charge in [0.05, 0.1) is 12.7 Å². The van der Waals surface area contributed by atoms with Gasteiger partial charge < -0.3 is 20.5 Å². The topological polar surface area (TPSA) is 79.3 Å². The minimum atomic E-state index is -4.43. The van der Waals surface area contributed by atoms with Crippen LogP contribution < -0.4 is 10.6 Å². The Bertz CT molecular complexity index is 608. The Morgan fingerprint density at radius 1 is 1.36 bits per heavy atom. The lowest BCUT2D eigenvalue weighted by Gasteiger charge is -2.22. The van der Waals surface area contributed by atoms with Crippen molar-refractivity contribution >= 4 is 23.4 Å². The van der Waals surface area contributed by atoms with Crippen LogP contribution in [0.15, 0.2) is 0 Å². The molecule has 0 saturated carbocycles. The quantitative estimate of drug-likeness (QED) is 0.451. The van der Waals surface area contributed by atoms with Gasteiger partial charge in [-0.3, -0.25) is 0 Å². The van der Waals surface area contributed by atoms with E-state index in [1.54, 1.807) is 0 Å². The smallest absolute Gasteiger partial charge is 0.391 e. The van der Waals surface area contributed by atoms with Gasteiger partial charge in [-0.2, -0.15) is 23.1 Å². The predicted octanol–water partition coefficient (Wildman–Crippen LogP) is 2.53. The Morgan fingerprint density at radius 2 is 2.04 bits per heavy atom. The first-order valence-corrected chi connectivity index (χ1v) is 7.85. The summed E-state index contributed by atoms with van der Waals surface area (Å²) in [5.74, 6) is 1.91. The molecular weight excluding hydrogens is 361 g/mol. The van der Waals surface area contributed by atoms with E-state index in [4.69, 9.17) is 22.8 Å². The van der Waals surface area contributed by atoms with E-state index in [1.807, 2.05) is 12.2 Å². The number of aliphatic hydroxyl groups excluding tert-OH is 1. The molecule has 0 fully saturated rings. The van der Waals surface area contributed by atoms with Crippen LogP contribution in [-0.2, 0) is 4.74 Å². The lowest BCUT2D eigenvalue weighted by Crippen LogP contribution is -2.31. The molecule has 0 aromatic carbocycles. The van der Waals surface area contributed by atoms with Gasteiger partial charge in [0.1, 0.15) is 17.9 Å². The molecule has 0 amide bonds. The van der Waals surface area contributed by atoms with Crippen molar-refractivity contribution in [3.63, 3.8) is 0 Å². The SMILES string of the molecule is C#Cc1c(Cl)nc(NCC(F)(F)F)nc1NCC(O)C(CC)COC. The Hall–Kier alpha value is -1.76. The molecule has 0 saturated heterocycles. The number of hydrogen-bond donors (Lipinski definition) is 3. The molecule has 0 aliphatic carbocycles. The third-order valence-electron chi connectivity index (χ3n) is 3.38. The van der Waals surface area contributed by atoms with Gasteiger partial charge >= 0.3 is 6.18 Å². The molecule has 1 heterocycles. The summed E-state index contributed by atoms with van der Waals surface area (Å²) in [6.45, 7) is 1.03. The molecule has 1 aromatic rings. The molecule has 0 aliphatic rings. The zero-order valence-electron chi connectivity index (χ0n) is 13.8. The summed E-state index contributed by atoms with van der Waals surface area (Å²) in [4.78, 5) is 7.60. The van der Waals surface area contributed by atoms with Gasteiger partial charge in [0.2, 0.25) is 5.95 Å². The first-order chi connectivity index (χ1) is 11.7. The third kappa shape index (κ3) is 6.94.